The highest BCUT2D eigenvalue weighted by molar-refractivity contribution is 9.10. The Morgan fingerprint density at radius 1 is 1.56 bits per heavy atom. The van der Waals surface area contributed by atoms with Crippen molar-refractivity contribution in [2.45, 2.75) is 13.3 Å². The normalized spacial score (nSPS) is 9.94. The van der Waals surface area contributed by atoms with Crippen molar-refractivity contribution < 1.29 is 9.90 Å². The fraction of sp³-hybridized carbons (Fsp3) is 0.400. The van der Waals surface area contributed by atoms with Crippen LogP contribution in [-0.4, -0.2) is 29.3 Å². The maximum Gasteiger partial charge on any atom is 0.319 e. The fourth-order valence-corrected chi connectivity index (χ4v) is 1.51. The van der Waals surface area contributed by atoms with Crippen molar-refractivity contribution in [3.05, 3.63) is 22.4 Å². The number of aryl methyl sites for hydroxylation is 1. The third-order valence-electron chi connectivity index (χ3n) is 1.92. The SMILES string of the molecule is Cc1nc(Br)ccc1NC(=O)NCCCO. The molecule has 0 unspecified atom stereocenters. The first-order valence-corrected chi connectivity index (χ1v) is 5.71. The molecule has 0 saturated carbocycles. The number of carbonyl (C=O) groups is 1. The number of anilines is 1. The summed E-state index contributed by atoms with van der Waals surface area (Å²) >= 11 is 3.25. The summed E-state index contributed by atoms with van der Waals surface area (Å²) in [5, 5.41) is 13.9. The van der Waals surface area contributed by atoms with Gasteiger partial charge in [-0.05, 0) is 41.4 Å². The van der Waals surface area contributed by atoms with Crippen LogP contribution >= 0.6 is 15.9 Å². The second-order valence-electron chi connectivity index (χ2n) is 3.23. The monoisotopic (exact) mass is 287 g/mol. The van der Waals surface area contributed by atoms with Crippen molar-refractivity contribution in [3.8, 4) is 0 Å². The molecular formula is C10H14BrN3O2. The number of nitrogens with zero attached hydrogens (tertiary/aromatic N) is 1. The van der Waals surface area contributed by atoms with E-state index >= 15 is 0 Å². The van der Waals surface area contributed by atoms with Crippen LogP contribution in [0.25, 0.3) is 0 Å². The molecule has 1 aromatic heterocycles. The molecule has 0 bridgehead atoms. The third-order valence-corrected chi connectivity index (χ3v) is 2.36. The number of hydrogen-bond donors (Lipinski definition) is 3. The summed E-state index contributed by atoms with van der Waals surface area (Å²) in [4.78, 5) is 15.5. The highest BCUT2D eigenvalue weighted by Gasteiger charge is 2.04. The molecule has 0 aliphatic heterocycles. The average molecular weight is 288 g/mol. The van der Waals surface area contributed by atoms with E-state index in [2.05, 4.69) is 31.5 Å². The molecule has 1 heterocycles. The van der Waals surface area contributed by atoms with Gasteiger partial charge in [0.15, 0.2) is 0 Å². The maximum atomic E-state index is 11.4. The molecule has 0 radical (unpaired) electrons. The smallest absolute Gasteiger partial charge is 0.319 e. The molecule has 6 heteroatoms. The molecule has 0 aliphatic carbocycles. The van der Waals surface area contributed by atoms with E-state index in [0.717, 1.165) is 10.3 Å². The van der Waals surface area contributed by atoms with Crippen molar-refractivity contribution >= 4 is 27.6 Å². The van der Waals surface area contributed by atoms with Crippen LogP contribution in [0.5, 0.6) is 0 Å². The number of rotatable bonds is 4. The lowest BCUT2D eigenvalue weighted by Crippen LogP contribution is -2.30. The van der Waals surface area contributed by atoms with Gasteiger partial charge >= 0.3 is 6.03 Å². The van der Waals surface area contributed by atoms with E-state index in [1.54, 1.807) is 12.1 Å². The summed E-state index contributed by atoms with van der Waals surface area (Å²) < 4.78 is 0.733. The predicted molar refractivity (Wildman–Crippen MR) is 65.4 cm³/mol. The molecule has 16 heavy (non-hydrogen) atoms. The molecule has 0 saturated heterocycles. The Morgan fingerprint density at radius 3 is 2.94 bits per heavy atom. The van der Waals surface area contributed by atoms with E-state index in [0.29, 0.717) is 18.7 Å². The Morgan fingerprint density at radius 2 is 2.31 bits per heavy atom. The molecule has 1 aromatic rings. The van der Waals surface area contributed by atoms with E-state index in [9.17, 15) is 4.79 Å². The Bertz CT molecular complexity index is 371. The summed E-state index contributed by atoms with van der Waals surface area (Å²) in [6.07, 6.45) is 0.547. The van der Waals surface area contributed by atoms with Gasteiger partial charge in [0.2, 0.25) is 0 Å². The maximum absolute atomic E-state index is 11.4. The van der Waals surface area contributed by atoms with Gasteiger partial charge in [-0.3, -0.25) is 0 Å². The van der Waals surface area contributed by atoms with Crippen molar-refractivity contribution in [1.29, 1.82) is 0 Å². The first-order chi connectivity index (χ1) is 7.63. The largest absolute Gasteiger partial charge is 0.396 e. The Balaban J connectivity index is 2.49. The minimum absolute atomic E-state index is 0.0686. The highest BCUT2D eigenvalue weighted by Crippen LogP contribution is 2.15. The Kier molecular flexibility index (Phi) is 5.21. The lowest BCUT2D eigenvalue weighted by molar-refractivity contribution is 0.249. The Hall–Kier alpha value is -1.14. The van der Waals surface area contributed by atoms with Gasteiger partial charge in [0.1, 0.15) is 4.60 Å². The fourth-order valence-electron chi connectivity index (χ4n) is 1.11. The number of nitrogens with one attached hydrogen (secondary N) is 2. The summed E-state index contributed by atoms with van der Waals surface area (Å²) in [6, 6.07) is 3.25. The average Bonchev–Trinajstić information content (AvgIpc) is 2.23. The number of pyridine rings is 1. The molecular weight excluding hydrogens is 274 g/mol. The van der Waals surface area contributed by atoms with Gasteiger partial charge in [0.25, 0.3) is 0 Å². The standard InChI is InChI=1S/C10H14BrN3O2/c1-7-8(3-4-9(11)13-7)14-10(16)12-5-2-6-15/h3-4,15H,2,5-6H2,1H3,(H2,12,14,16). The zero-order chi connectivity index (χ0) is 12.0. The topological polar surface area (TPSA) is 74.2 Å². The van der Waals surface area contributed by atoms with E-state index in [1.807, 2.05) is 6.92 Å². The van der Waals surface area contributed by atoms with Crippen LogP contribution in [0, 0.1) is 6.92 Å². The van der Waals surface area contributed by atoms with E-state index in [4.69, 9.17) is 5.11 Å². The van der Waals surface area contributed by atoms with Crippen LogP contribution in [0.4, 0.5) is 10.5 Å². The van der Waals surface area contributed by atoms with Gasteiger partial charge in [-0.1, -0.05) is 0 Å². The van der Waals surface area contributed by atoms with Crippen molar-refractivity contribution in [2.75, 3.05) is 18.5 Å². The molecule has 0 atom stereocenters. The van der Waals surface area contributed by atoms with Crippen LogP contribution in [0.1, 0.15) is 12.1 Å². The number of carbonyl (C=O) groups excluding carboxylic acids is 1. The van der Waals surface area contributed by atoms with E-state index in [-0.39, 0.29) is 12.6 Å². The van der Waals surface area contributed by atoms with Gasteiger partial charge in [0.05, 0.1) is 11.4 Å². The van der Waals surface area contributed by atoms with Gasteiger partial charge in [0, 0.05) is 13.2 Å². The van der Waals surface area contributed by atoms with Gasteiger partial charge in [-0.2, -0.15) is 0 Å². The highest BCUT2D eigenvalue weighted by atomic mass is 79.9. The minimum Gasteiger partial charge on any atom is -0.396 e. The lowest BCUT2D eigenvalue weighted by Gasteiger charge is -2.08. The van der Waals surface area contributed by atoms with Crippen LogP contribution < -0.4 is 10.6 Å². The molecule has 0 aromatic carbocycles. The van der Waals surface area contributed by atoms with Crippen LogP contribution in [0.3, 0.4) is 0 Å². The molecule has 88 valence electrons. The number of aromatic nitrogens is 1. The van der Waals surface area contributed by atoms with E-state index in [1.165, 1.54) is 0 Å². The molecule has 0 fully saturated rings. The van der Waals surface area contributed by atoms with Crippen LogP contribution in [0.15, 0.2) is 16.7 Å². The number of hydrogen-bond acceptors (Lipinski definition) is 3. The molecule has 5 nitrogen and oxygen atoms in total. The number of aliphatic hydroxyl groups excluding tert-OH is 1. The second-order valence-corrected chi connectivity index (χ2v) is 4.04. The summed E-state index contributed by atoms with van der Waals surface area (Å²) in [5.74, 6) is 0. The Labute approximate surface area is 102 Å². The second kappa shape index (κ2) is 6.44. The summed E-state index contributed by atoms with van der Waals surface area (Å²) in [6.45, 7) is 2.33. The van der Waals surface area contributed by atoms with Gasteiger partial charge < -0.3 is 15.7 Å². The molecule has 1 rings (SSSR count). The number of amides is 2. The predicted octanol–water partition coefficient (Wildman–Crippen LogP) is 1.66. The molecule has 2 amide bonds. The summed E-state index contributed by atoms with van der Waals surface area (Å²) in [5.41, 5.74) is 1.41. The first kappa shape index (κ1) is 12.9. The zero-order valence-electron chi connectivity index (χ0n) is 8.96. The number of urea groups is 1. The zero-order valence-corrected chi connectivity index (χ0v) is 10.5. The third kappa shape index (κ3) is 4.16. The van der Waals surface area contributed by atoms with Crippen LogP contribution in [-0.2, 0) is 0 Å². The molecule has 0 spiro atoms. The number of aliphatic hydroxyl groups is 1. The van der Waals surface area contributed by atoms with Gasteiger partial charge in [-0.15, -0.1) is 0 Å². The quantitative estimate of drug-likeness (QED) is 0.582. The number of halogens is 1. The molecule has 0 aliphatic rings. The molecule has 3 N–H and O–H groups in total. The van der Waals surface area contributed by atoms with Crippen molar-refractivity contribution in [3.63, 3.8) is 0 Å². The van der Waals surface area contributed by atoms with Crippen molar-refractivity contribution in [2.24, 2.45) is 0 Å². The first-order valence-electron chi connectivity index (χ1n) is 4.92. The van der Waals surface area contributed by atoms with Crippen LogP contribution in [0.2, 0.25) is 0 Å². The summed E-state index contributed by atoms with van der Waals surface area (Å²) in [7, 11) is 0. The van der Waals surface area contributed by atoms with Gasteiger partial charge in [-0.25, -0.2) is 9.78 Å². The van der Waals surface area contributed by atoms with E-state index < -0.39 is 0 Å². The minimum atomic E-state index is -0.291. The van der Waals surface area contributed by atoms with Crippen molar-refractivity contribution in [1.82, 2.24) is 10.3 Å². The lowest BCUT2D eigenvalue weighted by atomic mass is 10.3.